The molecule has 0 unspecified atom stereocenters. The summed E-state index contributed by atoms with van der Waals surface area (Å²) in [6.07, 6.45) is -2.45. The van der Waals surface area contributed by atoms with Crippen LogP contribution < -0.4 is 5.32 Å². The second-order valence-electron chi connectivity index (χ2n) is 5.88. The van der Waals surface area contributed by atoms with Crippen LogP contribution >= 0.6 is 0 Å². The van der Waals surface area contributed by atoms with Gasteiger partial charge in [-0.25, -0.2) is 12.4 Å². The first-order valence-corrected chi connectivity index (χ1v) is 9.01. The Balaban J connectivity index is 1.83. The standard InChI is InChI=1S/C17H13F3N2O2S/c18-17(19,20)13-1-4-16-12(9-13)6-8-22(16)25(23,24)14-2-3-15-11(10-14)5-7-21-15/h1-4,6,8-10,21H,5,7H2. The quantitative estimate of drug-likeness (QED) is 0.749. The van der Waals surface area contributed by atoms with Crippen molar-refractivity contribution in [3.05, 3.63) is 59.8 Å². The highest BCUT2D eigenvalue weighted by Gasteiger charge is 2.31. The van der Waals surface area contributed by atoms with Crippen LogP contribution in [0.1, 0.15) is 11.1 Å². The number of fused-ring (bicyclic) bond motifs is 2. The first-order valence-electron chi connectivity index (χ1n) is 7.57. The van der Waals surface area contributed by atoms with Crippen LogP contribution in [0.4, 0.5) is 18.9 Å². The van der Waals surface area contributed by atoms with Gasteiger partial charge in [-0.05, 0) is 54.4 Å². The van der Waals surface area contributed by atoms with Gasteiger partial charge in [0.15, 0.2) is 0 Å². The molecule has 8 heteroatoms. The van der Waals surface area contributed by atoms with Crippen LogP contribution in [0, 0.1) is 0 Å². The number of halogens is 3. The van der Waals surface area contributed by atoms with Crippen molar-refractivity contribution < 1.29 is 21.6 Å². The van der Waals surface area contributed by atoms with E-state index in [0.717, 1.165) is 40.3 Å². The third-order valence-electron chi connectivity index (χ3n) is 4.33. The van der Waals surface area contributed by atoms with Crippen LogP contribution in [-0.2, 0) is 22.6 Å². The molecule has 3 aromatic rings. The van der Waals surface area contributed by atoms with Gasteiger partial charge in [0.25, 0.3) is 10.0 Å². The zero-order valence-electron chi connectivity index (χ0n) is 12.8. The number of hydrogen-bond acceptors (Lipinski definition) is 3. The van der Waals surface area contributed by atoms with E-state index in [1.165, 1.54) is 24.4 Å². The molecule has 0 saturated heterocycles. The average molecular weight is 366 g/mol. The number of alkyl halides is 3. The first-order chi connectivity index (χ1) is 11.8. The minimum absolute atomic E-state index is 0.118. The number of benzene rings is 2. The van der Waals surface area contributed by atoms with Crippen molar-refractivity contribution in [3.8, 4) is 0 Å². The van der Waals surface area contributed by atoms with Gasteiger partial charge in [0.1, 0.15) is 0 Å². The molecule has 0 aliphatic carbocycles. The van der Waals surface area contributed by atoms with Crippen LogP contribution in [0.15, 0.2) is 53.6 Å². The molecule has 2 heterocycles. The Morgan fingerprint density at radius 1 is 1.04 bits per heavy atom. The van der Waals surface area contributed by atoms with Crippen molar-refractivity contribution in [2.24, 2.45) is 0 Å². The molecule has 1 N–H and O–H groups in total. The topological polar surface area (TPSA) is 51.1 Å². The van der Waals surface area contributed by atoms with Crippen molar-refractivity contribution in [1.82, 2.24) is 3.97 Å². The van der Waals surface area contributed by atoms with Crippen LogP contribution in [0.25, 0.3) is 10.9 Å². The summed E-state index contributed by atoms with van der Waals surface area (Å²) < 4.78 is 65.3. The Morgan fingerprint density at radius 3 is 2.60 bits per heavy atom. The molecular formula is C17H13F3N2O2S. The molecular weight excluding hydrogens is 353 g/mol. The first kappa shape index (κ1) is 16.0. The fourth-order valence-electron chi connectivity index (χ4n) is 3.06. The predicted molar refractivity (Wildman–Crippen MR) is 88.2 cm³/mol. The number of anilines is 1. The molecule has 0 atom stereocenters. The fourth-order valence-corrected chi connectivity index (χ4v) is 4.46. The molecule has 0 fully saturated rings. The van der Waals surface area contributed by atoms with Crippen molar-refractivity contribution in [2.45, 2.75) is 17.5 Å². The minimum atomic E-state index is -4.47. The highest BCUT2D eigenvalue weighted by Crippen LogP contribution is 2.33. The number of hydrogen-bond donors (Lipinski definition) is 1. The lowest BCUT2D eigenvalue weighted by molar-refractivity contribution is -0.137. The van der Waals surface area contributed by atoms with Crippen molar-refractivity contribution in [2.75, 3.05) is 11.9 Å². The van der Waals surface area contributed by atoms with E-state index < -0.39 is 21.8 Å². The van der Waals surface area contributed by atoms with Crippen LogP contribution in [-0.4, -0.2) is 18.9 Å². The molecule has 25 heavy (non-hydrogen) atoms. The van der Waals surface area contributed by atoms with Gasteiger partial charge in [0, 0.05) is 23.8 Å². The summed E-state index contributed by atoms with van der Waals surface area (Å²) in [7, 11) is -3.88. The maximum Gasteiger partial charge on any atom is 0.416 e. The molecule has 1 aromatic heterocycles. The summed E-state index contributed by atoms with van der Waals surface area (Å²) in [5, 5.41) is 3.38. The van der Waals surface area contributed by atoms with E-state index >= 15 is 0 Å². The van der Waals surface area contributed by atoms with E-state index in [9.17, 15) is 21.6 Å². The van der Waals surface area contributed by atoms with Gasteiger partial charge >= 0.3 is 6.18 Å². The smallest absolute Gasteiger partial charge is 0.384 e. The lowest BCUT2D eigenvalue weighted by Gasteiger charge is -2.10. The second kappa shape index (κ2) is 5.26. The normalized spacial score (nSPS) is 14.5. The van der Waals surface area contributed by atoms with E-state index in [0.29, 0.717) is 0 Å². The third kappa shape index (κ3) is 2.57. The largest absolute Gasteiger partial charge is 0.416 e. The van der Waals surface area contributed by atoms with Crippen molar-refractivity contribution >= 4 is 26.6 Å². The highest BCUT2D eigenvalue weighted by molar-refractivity contribution is 7.90. The van der Waals surface area contributed by atoms with Crippen LogP contribution in [0.3, 0.4) is 0 Å². The van der Waals surface area contributed by atoms with E-state index in [-0.39, 0.29) is 15.8 Å². The maximum atomic E-state index is 12.9. The van der Waals surface area contributed by atoms with Gasteiger partial charge in [0.2, 0.25) is 0 Å². The number of rotatable bonds is 2. The van der Waals surface area contributed by atoms with Gasteiger partial charge in [-0.3, -0.25) is 0 Å². The van der Waals surface area contributed by atoms with E-state index in [2.05, 4.69) is 5.32 Å². The van der Waals surface area contributed by atoms with Gasteiger partial charge in [0.05, 0.1) is 16.0 Å². The van der Waals surface area contributed by atoms with E-state index in [1.54, 1.807) is 12.1 Å². The molecule has 0 saturated carbocycles. The number of nitrogens with one attached hydrogen (secondary N) is 1. The second-order valence-corrected chi connectivity index (χ2v) is 7.70. The summed E-state index contributed by atoms with van der Waals surface area (Å²) in [5.41, 5.74) is 1.23. The van der Waals surface area contributed by atoms with E-state index in [1.807, 2.05) is 0 Å². The molecule has 1 aliphatic heterocycles. The Bertz CT molecular complexity index is 1080. The van der Waals surface area contributed by atoms with Gasteiger partial charge in [-0.15, -0.1) is 0 Å². The zero-order chi connectivity index (χ0) is 17.8. The zero-order valence-corrected chi connectivity index (χ0v) is 13.7. The third-order valence-corrected chi connectivity index (χ3v) is 6.01. The fraction of sp³-hybridized carbons (Fsp3) is 0.176. The molecule has 2 aromatic carbocycles. The summed E-state index contributed by atoms with van der Waals surface area (Å²) >= 11 is 0. The Kier molecular flexibility index (Phi) is 3.37. The van der Waals surface area contributed by atoms with E-state index in [4.69, 9.17) is 0 Å². The lowest BCUT2D eigenvalue weighted by atomic mass is 10.1. The number of nitrogens with zero attached hydrogens (tertiary/aromatic N) is 1. The van der Waals surface area contributed by atoms with Crippen molar-refractivity contribution in [1.29, 1.82) is 0 Å². The van der Waals surface area contributed by atoms with Crippen molar-refractivity contribution in [3.63, 3.8) is 0 Å². The monoisotopic (exact) mass is 366 g/mol. The summed E-state index contributed by atoms with van der Waals surface area (Å²) in [4.78, 5) is 0.118. The van der Waals surface area contributed by atoms with Crippen LogP contribution in [0.5, 0.6) is 0 Å². The molecule has 1 aliphatic rings. The molecule has 0 spiro atoms. The molecule has 0 amide bonds. The summed E-state index contributed by atoms with van der Waals surface area (Å²) in [5.74, 6) is 0. The molecule has 0 bridgehead atoms. The predicted octanol–water partition coefficient (Wildman–Crippen LogP) is 3.87. The molecule has 130 valence electrons. The highest BCUT2D eigenvalue weighted by atomic mass is 32.2. The van der Waals surface area contributed by atoms with Gasteiger partial charge in [-0.1, -0.05) is 0 Å². The van der Waals surface area contributed by atoms with Gasteiger partial charge in [-0.2, -0.15) is 13.2 Å². The van der Waals surface area contributed by atoms with Gasteiger partial charge < -0.3 is 5.32 Å². The lowest BCUT2D eigenvalue weighted by Crippen LogP contribution is -2.12. The minimum Gasteiger partial charge on any atom is -0.384 e. The summed E-state index contributed by atoms with van der Waals surface area (Å²) in [6.45, 7) is 0.755. The average Bonchev–Trinajstić information content (AvgIpc) is 3.19. The van der Waals surface area contributed by atoms with Crippen LogP contribution in [0.2, 0.25) is 0 Å². The number of aromatic nitrogens is 1. The molecule has 4 rings (SSSR count). The Hall–Kier alpha value is -2.48. The molecule has 4 nitrogen and oxygen atoms in total. The SMILES string of the molecule is O=S(=O)(c1ccc2c(c1)CCN2)n1ccc2cc(C(F)(F)F)ccc21. The summed E-state index contributed by atoms with van der Waals surface area (Å²) in [6, 6.07) is 9.22. The Labute approximate surface area is 141 Å². The Morgan fingerprint density at radius 2 is 1.84 bits per heavy atom. The molecule has 0 radical (unpaired) electrons. The maximum absolute atomic E-state index is 12.9.